The number of methoxy groups -OCH3 is 1. The molecule has 2 aromatic rings. The second-order valence-corrected chi connectivity index (χ2v) is 9.35. The Hall–Kier alpha value is -2.62. The highest BCUT2D eigenvalue weighted by molar-refractivity contribution is 5.94. The zero-order chi connectivity index (χ0) is 23.6. The van der Waals surface area contributed by atoms with E-state index in [-0.39, 0.29) is 24.6 Å². The molecule has 2 fully saturated rings. The van der Waals surface area contributed by atoms with Crippen LogP contribution in [0.25, 0.3) is 0 Å². The van der Waals surface area contributed by atoms with Gasteiger partial charge in [0.25, 0.3) is 5.91 Å². The molecule has 1 amide bonds. The van der Waals surface area contributed by atoms with Crippen LogP contribution in [0.3, 0.4) is 0 Å². The lowest BCUT2D eigenvalue weighted by Gasteiger charge is -2.49. The Balaban J connectivity index is 0.00000324. The SMILES string of the molecule is COCC1CN(c2ncccn2)CC2(CCN(C(=O)c3ccc(C(C)(C)O)c(F)c3)CC2)O1.[HH]. The van der Waals surface area contributed by atoms with Crippen LogP contribution in [0.2, 0.25) is 0 Å². The first-order valence-electron chi connectivity index (χ1n) is 11.2. The highest BCUT2D eigenvalue weighted by Crippen LogP contribution is 2.34. The molecule has 1 unspecified atom stereocenters. The maximum absolute atomic E-state index is 14.5. The summed E-state index contributed by atoms with van der Waals surface area (Å²) in [4.78, 5) is 25.7. The Labute approximate surface area is 194 Å². The second-order valence-electron chi connectivity index (χ2n) is 9.35. The molecule has 33 heavy (non-hydrogen) atoms. The molecule has 2 aliphatic heterocycles. The van der Waals surface area contributed by atoms with Gasteiger partial charge in [-0.3, -0.25) is 4.79 Å². The van der Waals surface area contributed by atoms with Crippen molar-refractivity contribution in [3.05, 3.63) is 53.6 Å². The van der Waals surface area contributed by atoms with Crippen LogP contribution in [0.1, 0.15) is 44.0 Å². The number of piperidine rings is 1. The first-order valence-corrected chi connectivity index (χ1v) is 11.2. The van der Waals surface area contributed by atoms with Crippen LogP contribution in [0.4, 0.5) is 10.3 Å². The Bertz CT molecular complexity index is 981. The summed E-state index contributed by atoms with van der Waals surface area (Å²) in [6, 6.07) is 6.04. The van der Waals surface area contributed by atoms with Gasteiger partial charge in [-0.1, -0.05) is 6.07 Å². The number of halogens is 1. The number of amides is 1. The van der Waals surface area contributed by atoms with Crippen molar-refractivity contribution in [1.29, 1.82) is 0 Å². The summed E-state index contributed by atoms with van der Waals surface area (Å²) < 4.78 is 26.3. The number of rotatable bonds is 5. The van der Waals surface area contributed by atoms with E-state index in [2.05, 4.69) is 14.9 Å². The van der Waals surface area contributed by atoms with Crippen molar-refractivity contribution < 1.29 is 25.2 Å². The van der Waals surface area contributed by atoms with Crippen molar-refractivity contribution in [3.63, 3.8) is 0 Å². The topological polar surface area (TPSA) is 88.0 Å². The molecule has 2 aliphatic rings. The monoisotopic (exact) mass is 460 g/mol. The zero-order valence-electron chi connectivity index (χ0n) is 19.3. The number of ether oxygens (including phenoxy) is 2. The molecule has 1 spiro atoms. The summed E-state index contributed by atoms with van der Waals surface area (Å²) in [6.07, 6.45) is 4.61. The van der Waals surface area contributed by atoms with E-state index in [0.29, 0.717) is 51.6 Å². The van der Waals surface area contributed by atoms with Gasteiger partial charge >= 0.3 is 0 Å². The van der Waals surface area contributed by atoms with Crippen LogP contribution < -0.4 is 4.90 Å². The Morgan fingerprint density at radius 2 is 2.03 bits per heavy atom. The van der Waals surface area contributed by atoms with Crippen molar-refractivity contribution in [1.82, 2.24) is 14.9 Å². The Morgan fingerprint density at radius 3 is 2.64 bits per heavy atom. The normalized spacial score (nSPS) is 20.8. The molecule has 9 heteroatoms. The summed E-state index contributed by atoms with van der Waals surface area (Å²) in [5.74, 6) is -0.154. The van der Waals surface area contributed by atoms with E-state index in [1.807, 2.05) is 0 Å². The molecule has 2 saturated heterocycles. The highest BCUT2D eigenvalue weighted by Gasteiger charge is 2.44. The standard InChI is InChI=1S/C24H31FN4O4.H2/c1-23(2,31)19-6-5-17(13-20(19)25)21(30)28-11-7-24(8-12-28)16-29(14-18(33-24)15-32-3)22-26-9-4-10-27-22;/h4-6,9-10,13,18,31H,7-8,11-12,14-16H2,1-3H3;1H. The van der Waals surface area contributed by atoms with Gasteiger partial charge in [-0.15, -0.1) is 0 Å². The van der Waals surface area contributed by atoms with Crippen molar-refractivity contribution in [2.75, 3.05) is 44.8 Å². The van der Waals surface area contributed by atoms with Crippen LogP contribution in [-0.2, 0) is 15.1 Å². The van der Waals surface area contributed by atoms with Crippen LogP contribution in [-0.4, -0.2) is 77.5 Å². The number of carbonyl (C=O) groups is 1. The Kier molecular flexibility index (Phi) is 6.65. The third-order valence-corrected chi connectivity index (χ3v) is 6.34. The molecule has 1 aromatic heterocycles. The van der Waals surface area contributed by atoms with E-state index < -0.39 is 17.0 Å². The van der Waals surface area contributed by atoms with Gasteiger partial charge < -0.3 is 24.4 Å². The smallest absolute Gasteiger partial charge is 0.253 e. The number of aliphatic hydroxyl groups is 1. The van der Waals surface area contributed by atoms with Crippen molar-refractivity contribution >= 4 is 11.9 Å². The highest BCUT2D eigenvalue weighted by atomic mass is 19.1. The maximum atomic E-state index is 14.5. The van der Waals surface area contributed by atoms with Gasteiger partial charge in [-0.25, -0.2) is 14.4 Å². The minimum atomic E-state index is -1.31. The number of morpholine rings is 1. The minimum absolute atomic E-state index is 0. The lowest BCUT2D eigenvalue weighted by molar-refractivity contribution is -0.145. The van der Waals surface area contributed by atoms with Crippen LogP contribution >= 0.6 is 0 Å². The molecule has 0 saturated carbocycles. The fourth-order valence-corrected chi connectivity index (χ4v) is 4.69. The quantitative estimate of drug-likeness (QED) is 0.734. The number of hydrogen-bond donors (Lipinski definition) is 1. The van der Waals surface area contributed by atoms with E-state index >= 15 is 0 Å². The lowest BCUT2D eigenvalue weighted by Crippen LogP contribution is -2.61. The van der Waals surface area contributed by atoms with Gasteiger partial charge in [0.2, 0.25) is 5.95 Å². The number of anilines is 1. The van der Waals surface area contributed by atoms with Crippen LogP contribution in [0.15, 0.2) is 36.7 Å². The fourth-order valence-electron chi connectivity index (χ4n) is 4.69. The molecule has 180 valence electrons. The van der Waals surface area contributed by atoms with Crippen molar-refractivity contribution in [2.24, 2.45) is 0 Å². The molecule has 0 aliphatic carbocycles. The summed E-state index contributed by atoms with van der Waals surface area (Å²) >= 11 is 0. The minimum Gasteiger partial charge on any atom is -0.386 e. The van der Waals surface area contributed by atoms with Gasteiger partial charge in [0.05, 0.1) is 30.5 Å². The van der Waals surface area contributed by atoms with Gasteiger partial charge in [0.1, 0.15) is 5.82 Å². The molecular weight excluding hydrogens is 427 g/mol. The molecule has 1 N–H and O–H groups in total. The van der Waals surface area contributed by atoms with Gasteiger partial charge in [-0.05, 0) is 44.9 Å². The van der Waals surface area contributed by atoms with Gasteiger partial charge in [0.15, 0.2) is 0 Å². The number of carbonyl (C=O) groups excluding carboxylic acids is 1. The predicted molar refractivity (Wildman–Crippen MR) is 123 cm³/mol. The molecular formula is C24H33FN4O4. The summed E-state index contributed by atoms with van der Waals surface area (Å²) in [5, 5.41) is 10.1. The molecule has 8 nitrogen and oxygen atoms in total. The van der Waals surface area contributed by atoms with Crippen molar-refractivity contribution in [3.8, 4) is 0 Å². The average molecular weight is 461 g/mol. The summed E-state index contributed by atoms with van der Waals surface area (Å²) in [5.41, 5.74) is -1.31. The summed E-state index contributed by atoms with van der Waals surface area (Å²) in [6.45, 7) is 5.75. The van der Waals surface area contributed by atoms with E-state index in [4.69, 9.17) is 9.47 Å². The van der Waals surface area contributed by atoms with Gasteiger partial charge in [0, 0.05) is 51.7 Å². The van der Waals surface area contributed by atoms with E-state index in [9.17, 15) is 14.3 Å². The fraction of sp³-hybridized carbons (Fsp3) is 0.542. The largest absolute Gasteiger partial charge is 0.386 e. The first-order chi connectivity index (χ1) is 15.7. The number of nitrogens with zero attached hydrogens (tertiary/aromatic N) is 4. The molecule has 0 radical (unpaired) electrons. The number of likely N-dealkylation sites (tertiary alicyclic amines) is 1. The number of aromatic nitrogens is 2. The first kappa shape index (κ1) is 23.5. The molecule has 1 aromatic carbocycles. The molecule has 0 bridgehead atoms. The van der Waals surface area contributed by atoms with E-state index in [1.165, 1.54) is 26.0 Å². The molecule has 1 atom stereocenters. The van der Waals surface area contributed by atoms with E-state index in [0.717, 1.165) is 0 Å². The Morgan fingerprint density at radius 1 is 1.33 bits per heavy atom. The third kappa shape index (κ3) is 5.15. The van der Waals surface area contributed by atoms with Crippen molar-refractivity contribution in [2.45, 2.75) is 44.0 Å². The van der Waals surface area contributed by atoms with Crippen LogP contribution in [0, 0.1) is 5.82 Å². The maximum Gasteiger partial charge on any atom is 0.253 e. The molecule has 3 heterocycles. The second kappa shape index (κ2) is 9.32. The molecule has 4 rings (SSSR count). The lowest BCUT2D eigenvalue weighted by atomic mass is 9.88. The van der Waals surface area contributed by atoms with Gasteiger partial charge in [-0.2, -0.15) is 0 Å². The van der Waals surface area contributed by atoms with E-state index in [1.54, 1.807) is 36.5 Å². The number of benzene rings is 1. The average Bonchev–Trinajstić information content (AvgIpc) is 2.79. The van der Waals surface area contributed by atoms with Crippen LogP contribution in [0.5, 0.6) is 0 Å². The number of hydrogen-bond acceptors (Lipinski definition) is 7. The zero-order valence-corrected chi connectivity index (χ0v) is 19.3. The summed E-state index contributed by atoms with van der Waals surface area (Å²) in [7, 11) is 1.65. The predicted octanol–water partition coefficient (Wildman–Crippen LogP) is 2.62. The third-order valence-electron chi connectivity index (χ3n) is 6.34.